The summed E-state index contributed by atoms with van der Waals surface area (Å²) < 4.78 is 37.8. The van der Waals surface area contributed by atoms with E-state index in [1.807, 2.05) is 0 Å². The number of halogens is 3. The van der Waals surface area contributed by atoms with E-state index >= 15 is 0 Å². The van der Waals surface area contributed by atoms with Gasteiger partial charge in [0, 0.05) is 31.1 Å². The van der Waals surface area contributed by atoms with Crippen LogP contribution in [0.15, 0.2) is 12.4 Å². The topological polar surface area (TPSA) is 41.0 Å². The molecule has 0 amide bonds. The first-order valence-corrected chi connectivity index (χ1v) is 8.52. The molecule has 0 aromatic carbocycles. The third-order valence-corrected chi connectivity index (χ3v) is 5.90. The van der Waals surface area contributed by atoms with E-state index in [-0.39, 0.29) is 0 Å². The van der Waals surface area contributed by atoms with Crippen LogP contribution in [0.5, 0.6) is 0 Å². The third kappa shape index (κ3) is 2.89. The molecule has 2 fully saturated rings. The highest BCUT2D eigenvalue weighted by atomic mass is 32.1. The summed E-state index contributed by atoms with van der Waals surface area (Å²) in [5.41, 5.74) is 0.429. The van der Waals surface area contributed by atoms with Gasteiger partial charge < -0.3 is 10.2 Å². The highest BCUT2D eigenvalue weighted by Gasteiger charge is 2.40. The van der Waals surface area contributed by atoms with Crippen molar-refractivity contribution in [3.05, 3.63) is 17.3 Å². The predicted molar refractivity (Wildman–Crippen MR) is 83.9 cm³/mol. The quantitative estimate of drug-likeness (QED) is 0.911. The third-order valence-electron chi connectivity index (χ3n) is 4.86. The number of aromatic nitrogens is 2. The van der Waals surface area contributed by atoms with Crippen LogP contribution in [0.2, 0.25) is 0 Å². The molecule has 4 nitrogen and oxygen atoms in total. The number of nitrogens with one attached hydrogen (secondary N) is 1. The molecule has 0 atom stereocenters. The van der Waals surface area contributed by atoms with E-state index in [1.54, 1.807) is 6.07 Å². The monoisotopic (exact) mass is 342 g/mol. The van der Waals surface area contributed by atoms with Crippen molar-refractivity contribution >= 4 is 27.4 Å². The second kappa shape index (κ2) is 5.31. The first kappa shape index (κ1) is 15.1. The normalized spacial score (nSPS) is 20.9. The molecule has 2 aliphatic rings. The van der Waals surface area contributed by atoms with Crippen molar-refractivity contribution in [2.24, 2.45) is 5.41 Å². The van der Waals surface area contributed by atoms with E-state index in [0.29, 0.717) is 15.1 Å². The predicted octanol–water partition coefficient (Wildman–Crippen LogP) is 2.99. The molecule has 1 spiro atoms. The standard InChI is InChI=1S/C15H17F3N4S/c16-15(17,18)6-10-5-11-12(20-9-21-13(11)23-10)22-3-1-14(2-4-22)7-19-8-14/h5,9,19H,1-4,6-8H2. The molecule has 2 saturated heterocycles. The van der Waals surface area contributed by atoms with Crippen LogP contribution in [0.25, 0.3) is 10.2 Å². The number of anilines is 1. The lowest BCUT2D eigenvalue weighted by Gasteiger charge is -2.48. The van der Waals surface area contributed by atoms with E-state index in [4.69, 9.17) is 0 Å². The number of hydrogen-bond acceptors (Lipinski definition) is 5. The van der Waals surface area contributed by atoms with Crippen LogP contribution in [0.3, 0.4) is 0 Å². The Labute approximate surface area is 135 Å². The van der Waals surface area contributed by atoms with Crippen LogP contribution in [0.4, 0.5) is 19.0 Å². The molecule has 2 aromatic rings. The second-order valence-corrected chi connectivity index (χ2v) is 7.63. The van der Waals surface area contributed by atoms with Crippen LogP contribution in [-0.2, 0) is 6.42 Å². The van der Waals surface area contributed by atoms with Crippen LogP contribution in [0.1, 0.15) is 17.7 Å². The van der Waals surface area contributed by atoms with Gasteiger partial charge in [-0.05, 0) is 24.3 Å². The summed E-state index contributed by atoms with van der Waals surface area (Å²) in [5, 5.41) is 4.08. The van der Waals surface area contributed by atoms with Crippen molar-refractivity contribution in [1.82, 2.24) is 15.3 Å². The smallest absolute Gasteiger partial charge is 0.356 e. The van der Waals surface area contributed by atoms with Gasteiger partial charge in [0.05, 0.1) is 11.8 Å². The lowest BCUT2D eigenvalue weighted by molar-refractivity contribution is -0.126. The van der Waals surface area contributed by atoms with Crippen molar-refractivity contribution in [3.63, 3.8) is 0 Å². The van der Waals surface area contributed by atoms with Crippen LogP contribution < -0.4 is 10.2 Å². The summed E-state index contributed by atoms with van der Waals surface area (Å²) >= 11 is 1.11. The first-order valence-electron chi connectivity index (χ1n) is 7.70. The maximum atomic E-state index is 12.6. The van der Waals surface area contributed by atoms with Crippen molar-refractivity contribution in [1.29, 1.82) is 0 Å². The van der Waals surface area contributed by atoms with E-state index < -0.39 is 12.6 Å². The lowest BCUT2D eigenvalue weighted by atomic mass is 9.73. The molecule has 4 rings (SSSR count). The summed E-state index contributed by atoms with van der Waals surface area (Å²) in [6.07, 6.45) is -1.43. The summed E-state index contributed by atoms with van der Waals surface area (Å²) in [4.78, 5) is 11.6. The maximum absolute atomic E-state index is 12.6. The van der Waals surface area contributed by atoms with Gasteiger partial charge in [0.2, 0.25) is 0 Å². The summed E-state index contributed by atoms with van der Waals surface area (Å²) in [5.74, 6) is 0.779. The number of alkyl halides is 3. The Morgan fingerprint density at radius 2 is 1.96 bits per heavy atom. The van der Waals surface area contributed by atoms with Gasteiger partial charge in [-0.3, -0.25) is 0 Å². The number of nitrogens with zero attached hydrogens (tertiary/aromatic N) is 3. The Kier molecular flexibility index (Phi) is 3.49. The molecular weight excluding hydrogens is 325 g/mol. The van der Waals surface area contributed by atoms with Gasteiger partial charge in [0.1, 0.15) is 17.0 Å². The molecule has 2 aliphatic heterocycles. The SMILES string of the molecule is FC(F)(F)Cc1cc2c(N3CCC4(CC3)CNC4)ncnc2s1. The molecule has 0 radical (unpaired) electrons. The minimum atomic E-state index is -4.19. The number of fused-ring (bicyclic) bond motifs is 1. The Bertz CT molecular complexity index is 713. The number of hydrogen-bond donors (Lipinski definition) is 1. The Hall–Kier alpha value is -1.41. The van der Waals surface area contributed by atoms with Gasteiger partial charge in [0.15, 0.2) is 0 Å². The zero-order valence-corrected chi connectivity index (χ0v) is 13.3. The van der Waals surface area contributed by atoms with E-state index in [9.17, 15) is 13.2 Å². The molecule has 0 saturated carbocycles. The van der Waals surface area contributed by atoms with Crippen molar-refractivity contribution < 1.29 is 13.2 Å². The number of thiophene rings is 1. The second-order valence-electron chi connectivity index (χ2n) is 6.51. The molecule has 0 unspecified atom stereocenters. The fraction of sp³-hybridized carbons (Fsp3) is 0.600. The average molecular weight is 342 g/mol. The van der Waals surface area contributed by atoms with Gasteiger partial charge in [-0.25, -0.2) is 9.97 Å². The molecule has 124 valence electrons. The van der Waals surface area contributed by atoms with Crippen LogP contribution >= 0.6 is 11.3 Å². The first-order chi connectivity index (χ1) is 10.9. The molecule has 1 N–H and O–H groups in total. The minimum Gasteiger partial charge on any atom is -0.356 e. The number of rotatable bonds is 2. The van der Waals surface area contributed by atoms with E-state index in [2.05, 4.69) is 20.2 Å². The Morgan fingerprint density at radius 3 is 2.57 bits per heavy atom. The van der Waals surface area contributed by atoms with Crippen LogP contribution in [-0.4, -0.2) is 42.3 Å². The van der Waals surface area contributed by atoms with Gasteiger partial charge in [-0.2, -0.15) is 13.2 Å². The molecule has 0 bridgehead atoms. The minimum absolute atomic E-state index is 0.297. The van der Waals surface area contributed by atoms with Crippen molar-refractivity contribution in [2.75, 3.05) is 31.1 Å². The molecule has 4 heterocycles. The highest BCUT2D eigenvalue weighted by Crippen LogP contribution is 2.39. The zero-order valence-electron chi connectivity index (χ0n) is 12.5. The average Bonchev–Trinajstić information content (AvgIpc) is 2.85. The van der Waals surface area contributed by atoms with Crippen molar-refractivity contribution in [3.8, 4) is 0 Å². The van der Waals surface area contributed by atoms with Crippen molar-refractivity contribution in [2.45, 2.75) is 25.4 Å². The maximum Gasteiger partial charge on any atom is 0.393 e. The summed E-state index contributed by atoms with van der Waals surface area (Å²) in [6, 6.07) is 1.61. The summed E-state index contributed by atoms with van der Waals surface area (Å²) in [7, 11) is 0. The lowest BCUT2D eigenvalue weighted by Crippen LogP contribution is -2.58. The highest BCUT2D eigenvalue weighted by molar-refractivity contribution is 7.18. The Morgan fingerprint density at radius 1 is 1.22 bits per heavy atom. The Balaban J connectivity index is 1.60. The summed E-state index contributed by atoms with van der Waals surface area (Å²) in [6.45, 7) is 3.96. The molecule has 8 heteroatoms. The van der Waals surface area contributed by atoms with Gasteiger partial charge in [0.25, 0.3) is 0 Å². The fourth-order valence-corrected chi connectivity index (χ4v) is 4.48. The molecule has 23 heavy (non-hydrogen) atoms. The largest absolute Gasteiger partial charge is 0.393 e. The number of piperidine rings is 1. The van der Waals surface area contributed by atoms with Gasteiger partial charge in [-0.1, -0.05) is 0 Å². The van der Waals surface area contributed by atoms with Crippen LogP contribution in [0, 0.1) is 5.41 Å². The van der Waals surface area contributed by atoms with E-state index in [1.165, 1.54) is 6.33 Å². The molecule has 2 aromatic heterocycles. The van der Waals surface area contributed by atoms with E-state index in [0.717, 1.165) is 61.6 Å². The fourth-order valence-electron chi connectivity index (χ4n) is 3.45. The van der Waals surface area contributed by atoms with Gasteiger partial charge in [-0.15, -0.1) is 11.3 Å². The zero-order chi connectivity index (χ0) is 16.1. The van der Waals surface area contributed by atoms with Gasteiger partial charge >= 0.3 is 6.18 Å². The molecular formula is C15H17F3N4S. The molecule has 0 aliphatic carbocycles.